The Labute approximate surface area is 129 Å². The van der Waals surface area contributed by atoms with Crippen molar-refractivity contribution in [2.24, 2.45) is 0 Å². The molecule has 2 N–H and O–H groups in total. The maximum atomic E-state index is 9.07. The summed E-state index contributed by atoms with van der Waals surface area (Å²) in [6, 6.07) is 11.8. The van der Waals surface area contributed by atoms with E-state index in [1.807, 2.05) is 30.3 Å². The Hall–Kier alpha value is -2.19. The average Bonchev–Trinajstić information content (AvgIpc) is 2.53. The lowest BCUT2D eigenvalue weighted by molar-refractivity contribution is 0.410. The van der Waals surface area contributed by atoms with Crippen LogP contribution in [0.3, 0.4) is 0 Å². The van der Waals surface area contributed by atoms with Crippen molar-refractivity contribution in [3.05, 3.63) is 53.2 Å². The van der Waals surface area contributed by atoms with E-state index in [0.29, 0.717) is 11.4 Å². The van der Waals surface area contributed by atoms with Crippen LogP contribution >= 0.6 is 11.8 Å². The van der Waals surface area contributed by atoms with Gasteiger partial charge in [0.15, 0.2) is 0 Å². The molecule has 0 saturated carbocycles. The fraction of sp³-hybridized carbons (Fsp3) is 0.250. The monoisotopic (exact) mass is 299 g/mol. The van der Waals surface area contributed by atoms with E-state index in [0.717, 1.165) is 22.6 Å². The number of nitrogens with two attached hydrogens (primary N) is 1. The van der Waals surface area contributed by atoms with Crippen LogP contribution in [0.2, 0.25) is 0 Å². The number of methoxy groups -OCH3 is 1. The van der Waals surface area contributed by atoms with E-state index in [2.05, 4.69) is 18.0 Å². The molecule has 1 heterocycles. The van der Waals surface area contributed by atoms with Crippen LogP contribution in [0.5, 0.6) is 5.75 Å². The van der Waals surface area contributed by atoms with Gasteiger partial charge in [0, 0.05) is 17.3 Å². The number of aromatic nitrogens is 1. The molecule has 2 aromatic rings. The summed E-state index contributed by atoms with van der Waals surface area (Å²) in [6.45, 7) is 2.09. The van der Waals surface area contributed by atoms with Crippen LogP contribution in [-0.2, 0) is 0 Å². The first-order chi connectivity index (χ1) is 10.2. The van der Waals surface area contributed by atoms with Gasteiger partial charge in [-0.25, -0.2) is 4.98 Å². The zero-order chi connectivity index (χ0) is 15.2. The van der Waals surface area contributed by atoms with Crippen molar-refractivity contribution in [2.45, 2.75) is 12.2 Å². The van der Waals surface area contributed by atoms with E-state index in [-0.39, 0.29) is 5.25 Å². The number of hydrogen-bond acceptors (Lipinski definition) is 5. The molecule has 108 valence electrons. The number of nitrogens with zero attached hydrogens (tertiary/aromatic N) is 2. The van der Waals surface area contributed by atoms with Crippen LogP contribution in [0.25, 0.3) is 0 Å². The van der Waals surface area contributed by atoms with E-state index in [1.165, 1.54) is 6.20 Å². The number of thioether (sulfide) groups is 1. The Morgan fingerprint density at radius 2 is 2.14 bits per heavy atom. The number of benzene rings is 1. The SMILES string of the molecule is CCSC(c1ccccc1OC)c1cc(C#N)cnc1N. The maximum Gasteiger partial charge on any atom is 0.128 e. The molecule has 1 aromatic carbocycles. The molecule has 1 unspecified atom stereocenters. The number of ether oxygens (including phenoxy) is 1. The van der Waals surface area contributed by atoms with Gasteiger partial charge in [0.05, 0.1) is 17.9 Å². The minimum Gasteiger partial charge on any atom is -0.496 e. The van der Waals surface area contributed by atoms with Crippen molar-refractivity contribution in [3.63, 3.8) is 0 Å². The molecule has 0 aliphatic carbocycles. The molecule has 4 nitrogen and oxygen atoms in total. The third-order valence-corrected chi connectivity index (χ3v) is 4.29. The van der Waals surface area contributed by atoms with Crippen molar-refractivity contribution < 1.29 is 4.74 Å². The van der Waals surface area contributed by atoms with Gasteiger partial charge in [-0.2, -0.15) is 5.26 Å². The number of nitrogen functional groups attached to an aromatic ring is 1. The van der Waals surface area contributed by atoms with E-state index in [4.69, 9.17) is 15.7 Å². The summed E-state index contributed by atoms with van der Waals surface area (Å²) in [5.74, 6) is 2.18. The number of rotatable bonds is 5. The van der Waals surface area contributed by atoms with Crippen LogP contribution in [0.1, 0.15) is 28.9 Å². The number of para-hydroxylation sites is 1. The largest absolute Gasteiger partial charge is 0.496 e. The van der Waals surface area contributed by atoms with Gasteiger partial charge in [0.25, 0.3) is 0 Å². The summed E-state index contributed by atoms with van der Waals surface area (Å²) < 4.78 is 5.45. The maximum absolute atomic E-state index is 9.07. The Kier molecular flexibility index (Phi) is 5.07. The topological polar surface area (TPSA) is 71.9 Å². The van der Waals surface area contributed by atoms with Crippen LogP contribution < -0.4 is 10.5 Å². The Balaban J connectivity index is 2.56. The second-order valence-electron chi connectivity index (χ2n) is 4.39. The zero-order valence-corrected chi connectivity index (χ0v) is 12.9. The van der Waals surface area contributed by atoms with Crippen molar-refractivity contribution >= 4 is 17.6 Å². The molecule has 21 heavy (non-hydrogen) atoms. The Bertz CT molecular complexity index is 667. The highest BCUT2D eigenvalue weighted by Gasteiger charge is 2.21. The van der Waals surface area contributed by atoms with E-state index in [9.17, 15) is 0 Å². The highest BCUT2D eigenvalue weighted by Crippen LogP contribution is 2.41. The molecule has 0 aliphatic heterocycles. The second-order valence-corrected chi connectivity index (χ2v) is 5.77. The van der Waals surface area contributed by atoms with Gasteiger partial charge >= 0.3 is 0 Å². The Morgan fingerprint density at radius 3 is 2.81 bits per heavy atom. The number of pyridine rings is 1. The van der Waals surface area contributed by atoms with Crippen LogP contribution in [0.15, 0.2) is 36.5 Å². The van der Waals surface area contributed by atoms with Gasteiger partial charge in [-0.05, 0) is 17.9 Å². The zero-order valence-electron chi connectivity index (χ0n) is 12.0. The highest BCUT2D eigenvalue weighted by molar-refractivity contribution is 7.99. The molecular weight excluding hydrogens is 282 g/mol. The van der Waals surface area contributed by atoms with Crippen molar-refractivity contribution in [1.29, 1.82) is 5.26 Å². The standard InChI is InChI=1S/C16H17N3OS/c1-3-21-15(12-6-4-5-7-14(12)20-2)13-8-11(9-17)10-19-16(13)18/h4-8,10,15H,3H2,1-2H3,(H2,18,19). The fourth-order valence-corrected chi connectivity index (χ4v) is 3.24. The fourth-order valence-electron chi connectivity index (χ4n) is 2.16. The molecule has 0 fully saturated rings. The molecule has 1 atom stereocenters. The number of anilines is 1. The minimum absolute atomic E-state index is 0.00745. The molecule has 0 spiro atoms. The molecule has 5 heteroatoms. The van der Waals surface area contributed by atoms with Gasteiger partial charge in [0.2, 0.25) is 0 Å². The molecule has 0 amide bonds. The Morgan fingerprint density at radius 1 is 1.38 bits per heavy atom. The first-order valence-electron chi connectivity index (χ1n) is 6.61. The smallest absolute Gasteiger partial charge is 0.128 e. The molecule has 0 aliphatic rings. The van der Waals surface area contributed by atoms with Crippen LogP contribution in [-0.4, -0.2) is 17.8 Å². The molecule has 0 radical (unpaired) electrons. The minimum atomic E-state index is -0.00745. The lowest BCUT2D eigenvalue weighted by Crippen LogP contribution is -2.06. The molecule has 0 bridgehead atoms. The normalized spacial score (nSPS) is 11.7. The van der Waals surface area contributed by atoms with E-state index < -0.39 is 0 Å². The van der Waals surface area contributed by atoms with E-state index in [1.54, 1.807) is 18.9 Å². The van der Waals surface area contributed by atoms with Crippen molar-refractivity contribution in [3.8, 4) is 11.8 Å². The molecule has 2 rings (SSSR count). The summed E-state index contributed by atoms with van der Waals surface area (Å²) in [5, 5.41) is 9.07. The van der Waals surface area contributed by atoms with Crippen molar-refractivity contribution in [1.82, 2.24) is 4.98 Å². The predicted molar refractivity (Wildman–Crippen MR) is 86.3 cm³/mol. The lowest BCUT2D eigenvalue weighted by Gasteiger charge is -2.20. The molecule has 1 aromatic heterocycles. The quantitative estimate of drug-likeness (QED) is 0.916. The lowest BCUT2D eigenvalue weighted by atomic mass is 10.0. The third kappa shape index (κ3) is 3.29. The number of nitriles is 1. The van der Waals surface area contributed by atoms with Gasteiger partial charge in [-0.3, -0.25) is 0 Å². The summed E-state index contributed by atoms with van der Waals surface area (Å²) in [7, 11) is 1.65. The number of hydrogen-bond donors (Lipinski definition) is 1. The van der Waals surface area contributed by atoms with Crippen LogP contribution in [0, 0.1) is 11.3 Å². The van der Waals surface area contributed by atoms with E-state index >= 15 is 0 Å². The molecular formula is C16H17N3OS. The summed E-state index contributed by atoms with van der Waals surface area (Å²) in [5.41, 5.74) is 8.43. The average molecular weight is 299 g/mol. The van der Waals surface area contributed by atoms with Gasteiger partial charge in [-0.15, -0.1) is 11.8 Å². The molecule has 0 saturated heterocycles. The van der Waals surface area contributed by atoms with Crippen LogP contribution in [0.4, 0.5) is 5.82 Å². The highest BCUT2D eigenvalue weighted by atomic mass is 32.2. The van der Waals surface area contributed by atoms with Gasteiger partial charge in [-0.1, -0.05) is 25.1 Å². The van der Waals surface area contributed by atoms with Crippen molar-refractivity contribution in [2.75, 3.05) is 18.6 Å². The summed E-state index contributed by atoms with van der Waals surface area (Å²) in [4.78, 5) is 4.14. The predicted octanol–water partition coefficient (Wildman–Crippen LogP) is 3.39. The van der Waals surface area contributed by atoms with Gasteiger partial charge in [0.1, 0.15) is 17.6 Å². The first-order valence-corrected chi connectivity index (χ1v) is 7.66. The third-order valence-electron chi connectivity index (χ3n) is 3.12. The first kappa shape index (κ1) is 15.2. The van der Waals surface area contributed by atoms with Gasteiger partial charge < -0.3 is 10.5 Å². The second kappa shape index (κ2) is 7.00. The summed E-state index contributed by atoms with van der Waals surface area (Å²) >= 11 is 1.74. The summed E-state index contributed by atoms with van der Waals surface area (Å²) in [6.07, 6.45) is 1.49.